The van der Waals surface area contributed by atoms with Crippen LogP contribution >= 0.6 is 22.9 Å². The van der Waals surface area contributed by atoms with Gasteiger partial charge in [-0.05, 0) is 68.3 Å². The summed E-state index contributed by atoms with van der Waals surface area (Å²) in [4.78, 5) is 45.2. The number of carbonyl (C=O) groups is 1. The smallest absolute Gasteiger partial charge is 0.271 e. The Morgan fingerprint density at radius 3 is 2.42 bits per heavy atom. The van der Waals surface area contributed by atoms with E-state index in [1.165, 1.54) is 23.5 Å². The number of nitro benzene ring substituents is 1. The fourth-order valence-electron chi connectivity index (χ4n) is 4.98. The Bertz CT molecular complexity index is 1890. The Labute approximate surface area is 256 Å². The van der Waals surface area contributed by atoms with Crippen molar-refractivity contribution in [3.63, 3.8) is 0 Å². The van der Waals surface area contributed by atoms with Crippen LogP contribution in [0.5, 0.6) is 5.75 Å². The molecule has 0 spiro atoms. The van der Waals surface area contributed by atoms with Gasteiger partial charge in [-0.25, -0.2) is 4.99 Å². The number of nitro groups is 1. The second-order valence-corrected chi connectivity index (χ2v) is 11.3. The number of halogens is 1. The number of hydrogen-bond donors (Lipinski definition) is 0. The number of benzene rings is 3. The van der Waals surface area contributed by atoms with Gasteiger partial charge >= 0.3 is 0 Å². The van der Waals surface area contributed by atoms with Crippen LogP contribution < -0.4 is 19.6 Å². The third-order valence-corrected chi connectivity index (χ3v) is 8.47. The maximum absolute atomic E-state index is 14.0. The highest BCUT2D eigenvalue weighted by Gasteiger charge is 2.34. The van der Waals surface area contributed by atoms with Gasteiger partial charge in [0.1, 0.15) is 12.4 Å². The van der Waals surface area contributed by atoms with Crippen molar-refractivity contribution in [1.82, 2.24) is 9.47 Å². The summed E-state index contributed by atoms with van der Waals surface area (Å²) < 4.78 is 8.08. The van der Waals surface area contributed by atoms with E-state index in [2.05, 4.69) is 0 Å². The van der Waals surface area contributed by atoms with E-state index < -0.39 is 11.0 Å². The number of allylic oxidation sites excluding steroid dienone is 1. The van der Waals surface area contributed by atoms with Gasteiger partial charge in [0.05, 0.1) is 26.8 Å². The number of likely N-dealkylation sites (N-methyl/N-ethyl adjacent to an activating group) is 1. The number of non-ortho nitro benzene ring substituents is 1. The first-order valence-corrected chi connectivity index (χ1v) is 14.9. The van der Waals surface area contributed by atoms with Crippen LogP contribution in [0.1, 0.15) is 43.5 Å². The number of ether oxygens (including phenoxy) is 1. The first kappa shape index (κ1) is 29.9. The summed E-state index contributed by atoms with van der Waals surface area (Å²) in [6.07, 6.45) is 1.76. The molecule has 220 valence electrons. The second kappa shape index (κ2) is 12.8. The summed E-state index contributed by atoms with van der Waals surface area (Å²) in [5, 5.41) is 11.5. The van der Waals surface area contributed by atoms with Gasteiger partial charge in [0.2, 0.25) is 0 Å². The normalized spacial score (nSPS) is 14.7. The molecule has 2 heterocycles. The number of para-hydroxylation sites is 1. The zero-order valence-corrected chi connectivity index (χ0v) is 25.4. The third-order valence-electron chi connectivity index (χ3n) is 7.24. The van der Waals surface area contributed by atoms with Gasteiger partial charge < -0.3 is 9.64 Å². The summed E-state index contributed by atoms with van der Waals surface area (Å²) in [7, 11) is 0. The number of rotatable bonds is 9. The van der Waals surface area contributed by atoms with Crippen LogP contribution in [0.3, 0.4) is 0 Å². The number of amides is 1. The minimum Gasteiger partial charge on any atom is -0.488 e. The molecule has 0 bridgehead atoms. The van der Waals surface area contributed by atoms with Gasteiger partial charge in [0, 0.05) is 35.8 Å². The van der Waals surface area contributed by atoms with Gasteiger partial charge in [0.25, 0.3) is 17.2 Å². The number of thiazole rings is 1. The number of aromatic nitrogens is 1. The van der Waals surface area contributed by atoms with Gasteiger partial charge in [-0.15, -0.1) is 0 Å². The third kappa shape index (κ3) is 6.16. The highest BCUT2D eigenvalue weighted by molar-refractivity contribution is 7.07. The molecule has 0 unspecified atom stereocenters. The lowest BCUT2D eigenvalue weighted by Gasteiger charge is -2.29. The molecule has 1 atom stereocenters. The Morgan fingerprint density at radius 2 is 1.77 bits per heavy atom. The molecule has 1 aromatic heterocycles. The topological polar surface area (TPSA) is 107 Å². The van der Waals surface area contributed by atoms with E-state index in [4.69, 9.17) is 21.3 Å². The van der Waals surface area contributed by atoms with Crippen LogP contribution in [0.2, 0.25) is 5.02 Å². The first-order chi connectivity index (χ1) is 20.7. The average Bonchev–Trinajstić information content (AvgIpc) is 3.31. The van der Waals surface area contributed by atoms with Crippen molar-refractivity contribution >= 4 is 40.6 Å². The molecule has 0 saturated heterocycles. The van der Waals surface area contributed by atoms with E-state index >= 15 is 0 Å². The average molecular weight is 617 g/mol. The Kier molecular flexibility index (Phi) is 8.89. The van der Waals surface area contributed by atoms with E-state index in [0.717, 1.165) is 11.1 Å². The molecule has 4 aromatic rings. The van der Waals surface area contributed by atoms with Crippen LogP contribution in [0.15, 0.2) is 93.9 Å². The van der Waals surface area contributed by atoms with Crippen LogP contribution in [0, 0.1) is 10.1 Å². The maximum Gasteiger partial charge on any atom is 0.271 e. The molecule has 1 aliphatic heterocycles. The van der Waals surface area contributed by atoms with E-state index in [1.807, 2.05) is 44.2 Å². The number of fused-ring (bicyclic) bond motifs is 1. The molecule has 0 saturated carbocycles. The molecular formula is C32H29ClN4O5S. The minimum absolute atomic E-state index is 0.00798. The molecule has 9 nitrogen and oxygen atoms in total. The molecule has 0 fully saturated rings. The molecular weight excluding hydrogens is 588 g/mol. The van der Waals surface area contributed by atoms with Crippen molar-refractivity contribution in [2.24, 2.45) is 4.99 Å². The van der Waals surface area contributed by atoms with Crippen LogP contribution in [-0.4, -0.2) is 33.4 Å². The lowest BCUT2D eigenvalue weighted by Crippen LogP contribution is -2.43. The molecule has 0 radical (unpaired) electrons. The first-order valence-electron chi connectivity index (χ1n) is 13.7. The van der Waals surface area contributed by atoms with Crippen molar-refractivity contribution in [1.29, 1.82) is 0 Å². The van der Waals surface area contributed by atoms with Crippen molar-refractivity contribution < 1.29 is 14.5 Å². The SMILES string of the molecule is CCN(CC)C(=O)C1=C(C)N=c2s/c(=C/c3ccccc3OCc3ccc([N+](=O)[O-])cc3)c(=O)n2[C@H]1c1ccc(Cl)cc1. The lowest BCUT2D eigenvalue weighted by molar-refractivity contribution is -0.384. The Hall–Kier alpha value is -4.54. The zero-order chi connectivity index (χ0) is 30.7. The number of hydrogen-bond acceptors (Lipinski definition) is 7. The highest BCUT2D eigenvalue weighted by Crippen LogP contribution is 2.32. The standard InChI is InChI=1S/C32H29ClN4O5S/c1-4-35(5-2)31(39)28-20(3)34-32-36(29(28)22-12-14-24(33)15-13-22)30(38)27(43-32)18-23-8-6-7-9-26(23)42-19-21-10-16-25(17-11-21)37(40)41/h6-18,29H,4-5,19H2,1-3H3/b27-18+/t29-/m0/s1. The van der Waals surface area contributed by atoms with E-state index in [1.54, 1.807) is 52.8 Å². The summed E-state index contributed by atoms with van der Waals surface area (Å²) in [5.74, 6) is 0.389. The lowest BCUT2D eigenvalue weighted by atomic mass is 9.94. The van der Waals surface area contributed by atoms with Crippen LogP contribution in [0.25, 0.3) is 6.08 Å². The number of nitrogens with zero attached hydrogens (tertiary/aromatic N) is 4. The monoisotopic (exact) mass is 616 g/mol. The van der Waals surface area contributed by atoms with Gasteiger partial charge in [0.15, 0.2) is 4.80 Å². The summed E-state index contributed by atoms with van der Waals surface area (Å²) in [6, 6.07) is 20.0. The maximum atomic E-state index is 14.0. The largest absolute Gasteiger partial charge is 0.488 e. The van der Waals surface area contributed by atoms with Gasteiger partial charge in [-0.3, -0.25) is 24.3 Å². The quantitative estimate of drug-likeness (QED) is 0.189. The second-order valence-electron chi connectivity index (χ2n) is 9.86. The van der Waals surface area contributed by atoms with Crippen LogP contribution in [-0.2, 0) is 11.4 Å². The molecule has 11 heteroatoms. The van der Waals surface area contributed by atoms with Crippen molar-refractivity contribution in [2.75, 3.05) is 13.1 Å². The van der Waals surface area contributed by atoms with Crippen molar-refractivity contribution in [3.05, 3.63) is 136 Å². The fourth-order valence-corrected chi connectivity index (χ4v) is 6.15. The van der Waals surface area contributed by atoms with Crippen molar-refractivity contribution in [3.8, 4) is 5.75 Å². The summed E-state index contributed by atoms with van der Waals surface area (Å²) in [5.41, 5.74) is 2.97. The minimum atomic E-state index is -0.669. The highest BCUT2D eigenvalue weighted by atomic mass is 35.5. The van der Waals surface area contributed by atoms with E-state index in [0.29, 0.717) is 50.0 Å². The molecule has 0 N–H and O–H groups in total. The van der Waals surface area contributed by atoms with Crippen molar-refractivity contribution in [2.45, 2.75) is 33.4 Å². The molecule has 1 aliphatic rings. The van der Waals surface area contributed by atoms with E-state index in [-0.39, 0.29) is 23.8 Å². The fraction of sp³-hybridized carbons (Fsp3) is 0.219. The predicted molar refractivity (Wildman–Crippen MR) is 167 cm³/mol. The Morgan fingerprint density at radius 1 is 1.09 bits per heavy atom. The molecule has 43 heavy (non-hydrogen) atoms. The molecule has 5 rings (SSSR count). The van der Waals surface area contributed by atoms with Gasteiger partial charge in [-0.2, -0.15) is 0 Å². The van der Waals surface area contributed by atoms with Gasteiger partial charge in [-0.1, -0.05) is 53.3 Å². The molecule has 3 aromatic carbocycles. The zero-order valence-electron chi connectivity index (χ0n) is 23.8. The number of carbonyl (C=O) groups excluding carboxylic acids is 1. The Balaban J connectivity index is 1.56. The summed E-state index contributed by atoms with van der Waals surface area (Å²) in [6.45, 7) is 6.89. The molecule has 0 aliphatic carbocycles. The summed E-state index contributed by atoms with van der Waals surface area (Å²) >= 11 is 7.43. The van der Waals surface area contributed by atoms with Crippen LogP contribution in [0.4, 0.5) is 5.69 Å². The predicted octanol–water partition coefficient (Wildman–Crippen LogP) is 5.24. The van der Waals surface area contributed by atoms with E-state index in [9.17, 15) is 19.7 Å². The molecule has 1 amide bonds.